The van der Waals surface area contributed by atoms with Gasteiger partial charge in [-0.05, 0) is 12.1 Å². The molecule has 0 spiro atoms. The number of aromatic nitrogens is 1. The van der Waals surface area contributed by atoms with E-state index in [1.54, 1.807) is 0 Å². The Hall–Kier alpha value is -1.98. The molecule has 5 nitrogen and oxygen atoms in total. The van der Waals surface area contributed by atoms with E-state index in [0.717, 1.165) is 0 Å². The number of halogens is 1. The van der Waals surface area contributed by atoms with Crippen LogP contribution in [0.1, 0.15) is 10.4 Å². The van der Waals surface area contributed by atoms with E-state index in [1.165, 1.54) is 18.3 Å². The van der Waals surface area contributed by atoms with Crippen LogP contribution in [0.4, 0.5) is 4.39 Å². The number of nitrogens with two attached hydrogens (primary N) is 1. The average molecular weight is 197 g/mol. The summed E-state index contributed by atoms with van der Waals surface area (Å²) in [6.45, 7) is -0.326. The number of rotatable bonds is 3. The zero-order valence-electron chi connectivity index (χ0n) is 7.16. The first-order valence-electron chi connectivity index (χ1n) is 3.78. The predicted octanol–water partition coefficient (Wildman–Crippen LogP) is -0.564. The Kier molecular flexibility index (Phi) is 3.11. The number of nitrogens with zero attached hydrogens (tertiary/aromatic N) is 1. The van der Waals surface area contributed by atoms with E-state index in [1.807, 2.05) is 0 Å². The molecule has 0 aliphatic heterocycles. The number of hydrogen-bond acceptors (Lipinski definition) is 3. The Bertz CT molecular complexity index is 367. The van der Waals surface area contributed by atoms with Crippen molar-refractivity contribution in [1.29, 1.82) is 0 Å². The van der Waals surface area contributed by atoms with Crippen molar-refractivity contribution in [3.63, 3.8) is 0 Å². The Morgan fingerprint density at radius 2 is 2.29 bits per heavy atom. The molecular formula is C8H8FN3O2. The number of nitrogens with one attached hydrogen (secondary N) is 1. The lowest BCUT2D eigenvalue weighted by molar-refractivity contribution is -0.117. The summed E-state index contributed by atoms with van der Waals surface area (Å²) >= 11 is 0. The van der Waals surface area contributed by atoms with Gasteiger partial charge in [-0.1, -0.05) is 0 Å². The maximum absolute atomic E-state index is 12.9. The highest BCUT2D eigenvalue weighted by Gasteiger charge is 2.11. The number of hydrogen-bond donors (Lipinski definition) is 2. The van der Waals surface area contributed by atoms with Gasteiger partial charge in [0.25, 0.3) is 5.91 Å². The molecule has 0 fully saturated rings. The highest BCUT2D eigenvalue weighted by Crippen LogP contribution is 2.01. The van der Waals surface area contributed by atoms with Crippen molar-refractivity contribution in [2.45, 2.75) is 0 Å². The zero-order chi connectivity index (χ0) is 10.6. The quantitative estimate of drug-likeness (QED) is 0.636. The van der Waals surface area contributed by atoms with Crippen LogP contribution >= 0.6 is 0 Å². The van der Waals surface area contributed by atoms with Crippen molar-refractivity contribution in [3.05, 3.63) is 29.8 Å². The molecule has 0 aliphatic carbocycles. The first-order valence-corrected chi connectivity index (χ1v) is 3.78. The SMILES string of the molecule is NC(=O)CNC(=O)c1cccnc1F. The molecule has 0 unspecified atom stereocenters. The molecule has 0 aliphatic rings. The lowest BCUT2D eigenvalue weighted by Gasteiger charge is -2.02. The highest BCUT2D eigenvalue weighted by molar-refractivity contribution is 5.96. The summed E-state index contributed by atoms with van der Waals surface area (Å²) in [6, 6.07) is 2.68. The van der Waals surface area contributed by atoms with Gasteiger partial charge in [-0.3, -0.25) is 9.59 Å². The summed E-state index contributed by atoms with van der Waals surface area (Å²) < 4.78 is 12.9. The first-order chi connectivity index (χ1) is 6.61. The van der Waals surface area contributed by atoms with E-state index in [-0.39, 0.29) is 12.1 Å². The van der Waals surface area contributed by atoms with Crippen LogP contribution in [0.2, 0.25) is 0 Å². The molecule has 0 saturated heterocycles. The van der Waals surface area contributed by atoms with Crippen molar-refractivity contribution in [2.24, 2.45) is 5.73 Å². The lowest BCUT2D eigenvalue weighted by Crippen LogP contribution is -2.33. The van der Waals surface area contributed by atoms with E-state index < -0.39 is 17.8 Å². The molecule has 0 aromatic carbocycles. The van der Waals surface area contributed by atoms with Crippen LogP contribution in [0, 0.1) is 5.95 Å². The largest absolute Gasteiger partial charge is 0.368 e. The van der Waals surface area contributed by atoms with Gasteiger partial charge in [0.1, 0.15) is 0 Å². The van der Waals surface area contributed by atoms with E-state index in [0.29, 0.717) is 0 Å². The third kappa shape index (κ3) is 2.51. The zero-order valence-corrected chi connectivity index (χ0v) is 7.16. The minimum atomic E-state index is -0.880. The van der Waals surface area contributed by atoms with Gasteiger partial charge in [-0.25, -0.2) is 4.98 Å². The molecule has 6 heteroatoms. The standard InChI is InChI=1S/C8H8FN3O2/c9-7-5(2-1-3-11-7)8(14)12-4-6(10)13/h1-3H,4H2,(H2,10,13)(H,12,14). The van der Waals surface area contributed by atoms with Crippen LogP contribution in [0.3, 0.4) is 0 Å². The molecule has 1 rings (SSSR count). The number of pyridine rings is 1. The molecule has 74 valence electrons. The lowest BCUT2D eigenvalue weighted by atomic mass is 10.2. The number of amides is 2. The molecule has 1 aromatic rings. The smallest absolute Gasteiger partial charge is 0.256 e. The second kappa shape index (κ2) is 4.31. The van der Waals surface area contributed by atoms with E-state index >= 15 is 0 Å². The summed E-state index contributed by atoms with van der Waals surface area (Å²) in [6.07, 6.45) is 1.22. The number of primary amides is 1. The molecule has 1 heterocycles. The summed E-state index contributed by atoms with van der Waals surface area (Å²) in [5, 5.41) is 2.15. The van der Waals surface area contributed by atoms with Gasteiger partial charge < -0.3 is 11.1 Å². The minimum absolute atomic E-state index is 0.214. The highest BCUT2D eigenvalue weighted by atomic mass is 19.1. The van der Waals surface area contributed by atoms with Crippen LogP contribution in [0.25, 0.3) is 0 Å². The van der Waals surface area contributed by atoms with Gasteiger partial charge in [0.2, 0.25) is 11.9 Å². The fourth-order valence-electron chi connectivity index (χ4n) is 0.818. The minimum Gasteiger partial charge on any atom is -0.368 e. The van der Waals surface area contributed by atoms with Gasteiger partial charge in [-0.2, -0.15) is 4.39 Å². The van der Waals surface area contributed by atoms with Crippen LogP contribution in [-0.4, -0.2) is 23.3 Å². The Morgan fingerprint density at radius 3 is 2.86 bits per heavy atom. The van der Waals surface area contributed by atoms with Crippen LogP contribution in [0.15, 0.2) is 18.3 Å². The van der Waals surface area contributed by atoms with Gasteiger partial charge >= 0.3 is 0 Å². The van der Waals surface area contributed by atoms with E-state index in [4.69, 9.17) is 5.73 Å². The molecule has 2 amide bonds. The Balaban J connectivity index is 2.70. The Morgan fingerprint density at radius 1 is 1.57 bits per heavy atom. The topological polar surface area (TPSA) is 85.1 Å². The molecule has 3 N–H and O–H groups in total. The van der Waals surface area contributed by atoms with Gasteiger partial charge in [-0.15, -0.1) is 0 Å². The van der Waals surface area contributed by atoms with E-state index in [2.05, 4.69) is 10.3 Å². The summed E-state index contributed by atoms with van der Waals surface area (Å²) in [4.78, 5) is 24.8. The molecule has 0 radical (unpaired) electrons. The number of carbonyl (C=O) groups excluding carboxylic acids is 2. The third-order valence-corrected chi connectivity index (χ3v) is 1.43. The number of carbonyl (C=O) groups is 2. The van der Waals surface area contributed by atoms with Crippen molar-refractivity contribution in [2.75, 3.05) is 6.54 Å². The second-order valence-corrected chi connectivity index (χ2v) is 2.49. The summed E-state index contributed by atoms with van der Waals surface area (Å²) in [5.41, 5.74) is 4.58. The van der Waals surface area contributed by atoms with Crippen LogP contribution < -0.4 is 11.1 Å². The Labute approximate surface area is 79.1 Å². The van der Waals surface area contributed by atoms with Crippen molar-refractivity contribution in [3.8, 4) is 0 Å². The molecule has 1 aromatic heterocycles. The second-order valence-electron chi connectivity index (χ2n) is 2.49. The summed E-state index contributed by atoms with van der Waals surface area (Å²) in [7, 11) is 0. The van der Waals surface area contributed by atoms with Gasteiger partial charge in [0.15, 0.2) is 0 Å². The molecular weight excluding hydrogens is 189 g/mol. The van der Waals surface area contributed by atoms with Crippen LogP contribution in [0.5, 0.6) is 0 Å². The maximum atomic E-state index is 12.9. The molecule has 0 bridgehead atoms. The van der Waals surface area contributed by atoms with Crippen molar-refractivity contribution >= 4 is 11.8 Å². The van der Waals surface area contributed by atoms with E-state index in [9.17, 15) is 14.0 Å². The fraction of sp³-hybridized carbons (Fsp3) is 0.125. The first kappa shape index (κ1) is 10.1. The average Bonchev–Trinajstić information content (AvgIpc) is 2.15. The molecule has 14 heavy (non-hydrogen) atoms. The maximum Gasteiger partial charge on any atom is 0.256 e. The normalized spacial score (nSPS) is 9.50. The van der Waals surface area contributed by atoms with Gasteiger partial charge in [0.05, 0.1) is 12.1 Å². The molecule has 0 saturated carbocycles. The third-order valence-electron chi connectivity index (χ3n) is 1.43. The van der Waals surface area contributed by atoms with Crippen molar-refractivity contribution < 1.29 is 14.0 Å². The van der Waals surface area contributed by atoms with Crippen molar-refractivity contribution in [1.82, 2.24) is 10.3 Å². The van der Waals surface area contributed by atoms with Gasteiger partial charge in [0, 0.05) is 6.20 Å². The monoisotopic (exact) mass is 197 g/mol. The summed E-state index contributed by atoms with van der Waals surface area (Å²) in [5.74, 6) is -2.29. The predicted molar refractivity (Wildman–Crippen MR) is 45.7 cm³/mol. The molecule has 0 atom stereocenters. The fourth-order valence-corrected chi connectivity index (χ4v) is 0.818. The van der Waals surface area contributed by atoms with Crippen LogP contribution in [-0.2, 0) is 4.79 Å².